The summed E-state index contributed by atoms with van der Waals surface area (Å²) in [5.41, 5.74) is 0.542. The standard InChI is InChI=1S/C22H27N5O4S2/c1-16(2)14-27-21(19-6-5-13-31-19)24-25-22(27)32-15-20(28)23-17-7-9-18(10-8-17)33(29,30)26-11-3-4-12-26/h5-10,13,16H,3-4,11-12,14-15H2,1-2H3,(H,23,28). The van der Waals surface area contributed by atoms with Gasteiger partial charge in [-0.15, -0.1) is 10.2 Å². The Labute approximate surface area is 197 Å². The molecular formula is C22H27N5O4S2. The molecule has 1 aromatic carbocycles. The Kier molecular flexibility index (Phi) is 7.20. The van der Waals surface area contributed by atoms with Gasteiger partial charge in [0.2, 0.25) is 15.9 Å². The molecule has 1 aliphatic rings. The van der Waals surface area contributed by atoms with Crippen molar-refractivity contribution < 1.29 is 17.6 Å². The molecule has 1 amide bonds. The molecule has 0 radical (unpaired) electrons. The molecule has 0 aliphatic carbocycles. The van der Waals surface area contributed by atoms with E-state index >= 15 is 0 Å². The van der Waals surface area contributed by atoms with Crippen molar-refractivity contribution in [3.8, 4) is 11.6 Å². The molecule has 3 heterocycles. The van der Waals surface area contributed by atoms with Crippen LogP contribution in [0.4, 0.5) is 5.69 Å². The molecule has 1 saturated heterocycles. The van der Waals surface area contributed by atoms with Crippen molar-refractivity contribution in [2.24, 2.45) is 5.92 Å². The van der Waals surface area contributed by atoms with Crippen LogP contribution in [0.2, 0.25) is 0 Å². The van der Waals surface area contributed by atoms with Gasteiger partial charge >= 0.3 is 0 Å². The summed E-state index contributed by atoms with van der Waals surface area (Å²) in [5.74, 6) is 1.55. The molecule has 176 valence electrons. The van der Waals surface area contributed by atoms with Crippen molar-refractivity contribution in [2.75, 3.05) is 24.2 Å². The average molecular weight is 490 g/mol. The summed E-state index contributed by atoms with van der Waals surface area (Å²) >= 11 is 1.29. The zero-order valence-corrected chi connectivity index (χ0v) is 20.2. The van der Waals surface area contributed by atoms with E-state index < -0.39 is 10.0 Å². The van der Waals surface area contributed by atoms with E-state index in [2.05, 4.69) is 29.4 Å². The van der Waals surface area contributed by atoms with E-state index in [0.29, 0.717) is 48.0 Å². The van der Waals surface area contributed by atoms with Gasteiger partial charge in [0, 0.05) is 25.3 Å². The lowest BCUT2D eigenvalue weighted by Crippen LogP contribution is -2.27. The topological polar surface area (TPSA) is 110 Å². The van der Waals surface area contributed by atoms with Crippen molar-refractivity contribution in [2.45, 2.75) is 43.3 Å². The van der Waals surface area contributed by atoms with E-state index in [1.54, 1.807) is 24.5 Å². The molecular weight excluding hydrogens is 462 g/mol. The normalized spacial score (nSPS) is 14.8. The third kappa shape index (κ3) is 5.48. The van der Waals surface area contributed by atoms with Gasteiger partial charge in [-0.3, -0.25) is 9.36 Å². The molecule has 2 aromatic heterocycles. The highest BCUT2D eigenvalue weighted by Gasteiger charge is 2.27. The van der Waals surface area contributed by atoms with Gasteiger partial charge in [-0.05, 0) is 55.2 Å². The van der Waals surface area contributed by atoms with Crippen LogP contribution in [-0.2, 0) is 21.4 Å². The van der Waals surface area contributed by atoms with Gasteiger partial charge in [0.25, 0.3) is 0 Å². The Bertz CT molecular complexity index is 1180. The molecule has 3 aromatic rings. The number of hydrogen-bond acceptors (Lipinski definition) is 7. The number of aromatic nitrogens is 3. The minimum atomic E-state index is -3.47. The van der Waals surface area contributed by atoms with Crippen molar-refractivity contribution in [1.29, 1.82) is 0 Å². The summed E-state index contributed by atoms with van der Waals surface area (Å²) in [7, 11) is -3.47. The molecule has 9 nitrogen and oxygen atoms in total. The van der Waals surface area contributed by atoms with Crippen LogP contribution >= 0.6 is 11.8 Å². The third-order valence-corrected chi connectivity index (χ3v) is 8.06. The van der Waals surface area contributed by atoms with Crippen LogP contribution in [0.5, 0.6) is 0 Å². The Morgan fingerprint density at radius 3 is 2.52 bits per heavy atom. The highest BCUT2D eigenvalue weighted by Crippen LogP contribution is 2.26. The molecule has 33 heavy (non-hydrogen) atoms. The maximum absolute atomic E-state index is 12.6. The molecule has 1 N–H and O–H groups in total. The molecule has 1 aliphatic heterocycles. The van der Waals surface area contributed by atoms with E-state index in [9.17, 15) is 13.2 Å². The van der Waals surface area contributed by atoms with E-state index in [0.717, 1.165) is 12.8 Å². The zero-order chi connectivity index (χ0) is 23.4. The van der Waals surface area contributed by atoms with Crippen LogP contribution in [0.25, 0.3) is 11.6 Å². The van der Waals surface area contributed by atoms with Crippen molar-refractivity contribution >= 4 is 33.4 Å². The fourth-order valence-electron chi connectivity index (χ4n) is 3.63. The number of carbonyl (C=O) groups is 1. The van der Waals surface area contributed by atoms with Gasteiger partial charge in [-0.2, -0.15) is 4.31 Å². The van der Waals surface area contributed by atoms with Gasteiger partial charge in [-0.25, -0.2) is 8.42 Å². The summed E-state index contributed by atoms with van der Waals surface area (Å²) in [6, 6.07) is 9.92. The Morgan fingerprint density at radius 2 is 1.88 bits per heavy atom. The third-order valence-electron chi connectivity index (χ3n) is 5.18. The van der Waals surface area contributed by atoms with Crippen LogP contribution < -0.4 is 5.32 Å². The number of rotatable bonds is 9. The number of hydrogen-bond donors (Lipinski definition) is 1. The highest BCUT2D eigenvalue weighted by atomic mass is 32.2. The molecule has 0 saturated carbocycles. The van der Waals surface area contributed by atoms with Crippen LogP contribution in [0, 0.1) is 5.92 Å². The number of nitrogens with one attached hydrogen (secondary N) is 1. The first-order chi connectivity index (χ1) is 15.8. The largest absolute Gasteiger partial charge is 0.461 e. The first-order valence-electron chi connectivity index (χ1n) is 10.8. The Hall–Kier alpha value is -2.63. The second-order valence-electron chi connectivity index (χ2n) is 8.26. The summed E-state index contributed by atoms with van der Waals surface area (Å²) in [6.45, 7) is 6.00. The quantitative estimate of drug-likeness (QED) is 0.456. The van der Waals surface area contributed by atoms with Crippen molar-refractivity contribution in [1.82, 2.24) is 19.1 Å². The number of sulfonamides is 1. The average Bonchev–Trinajstić information content (AvgIpc) is 3.54. The maximum atomic E-state index is 12.6. The molecule has 11 heteroatoms. The van der Waals surface area contributed by atoms with Crippen molar-refractivity contribution in [3.63, 3.8) is 0 Å². The molecule has 0 spiro atoms. The Balaban J connectivity index is 1.39. The van der Waals surface area contributed by atoms with E-state index in [4.69, 9.17) is 4.42 Å². The summed E-state index contributed by atoms with van der Waals surface area (Å²) in [4.78, 5) is 12.8. The Morgan fingerprint density at radius 1 is 1.15 bits per heavy atom. The molecule has 4 rings (SSSR count). The molecule has 0 unspecified atom stereocenters. The minimum Gasteiger partial charge on any atom is -0.461 e. The lowest BCUT2D eigenvalue weighted by molar-refractivity contribution is -0.113. The smallest absolute Gasteiger partial charge is 0.243 e. The van der Waals surface area contributed by atoms with Gasteiger partial charge in [-0.1, -0.05) is 25.6 Å². The van der Waals surface area contributed by atoms with Gasteiger partial charge < -0.3 is 9.73 Å². The minimum absolute atomic E-state index is 0.141. The summed E-state index contributed by atoms with van der Waals surface area (Å²) < 4.78 is 34.2. The van der Waals surface area contributed by atoms with Crippen LogP contribution in [-0.4, -0.2) is 52.2 Å². The monoisotopic (exact) mass is 489 g/mol. The number of amides is 1. The van der Waals surface area contributed by atoms with E-state index in [1.807, 2.05) is 10.6 Å². The van der Waals surface area contributed by atoms with E-state index in [-0.39, 0.29) is 16.6 Å². The van der Waals surface area contributed by atoms with Crippen LogP contribution in [0.15, 0.2) is 57.1 Å². The predicted octanol–water partition coefficient (Wildman–Crippen LogP) is 3.71. The number of nitrogens with zero attached hydrogens (tertiary/aromatic N) is 4. The first kappa shape index (κ1) is 23.5. The summed E-state index contributed by atoms with van der Waals surface area (Å²) in [5, 5.41) is 11.9. The number of benzene rings is 1. The number of anilines is 1. The maximum Gasteiger partial charge on any atom is 0.243 e. The second-order valence-corrected chi connectivity index (χ2v) is 11.1. The fraction of sp³-hybridized carbons (Fsp3) is 0.409. The number of carbonyl (C=O) groups excluding carboxylic acids is 1. The van der Waals surface area contributed by atoms with Gasteiger partial charge in [0.15, 0.2) is 16.7 Å². The van der Waals surface area contributed by atoms with Gasteiger partial charge in [0.1, 0.15) is 0 Å². The SMILES string of the molecule is CC(C)Cn1c(SCC(=O)Nc2ccc(S(=O)(=O)N3CCCC3)cc2)nnc1-c1ccco1. The fourth-order valence-corrected chi connectivity index (χ4v) is 5.89. The number of furan rings is 1. The van der Waals surface area contributed by atoms with Crippen molar-refractivity contribution in [3.05, 3.63) is 42.7 Å². The lowest BCUT2D eigenvalue weighted by Gasteiger charge is -2.15. The second kappa shape index (κ2) is 10.1. The van der Waals surface area contributed by atoms with Crippen LogP contribution in [0.1, 0.15) is 26.7 Å². The molecule has 1 fully saturated rings. The molecule has 0 bridgehead atoms. The summed E-state index contributed by atoms with van der Waals surface area (Å²) in [6.07, 6.45) is 3.36. The lowest BCUT2D eigenvalue weighted by atomic mass is 10.2. The highest BCUT2D eigenvalue weighted by molar-refractivity contribution is 7.99. The zero-order valence-electron chi connectivity index (χ0n) is 18.6. The first-order valence-corrected chi connectivity index (χ1v) is 13.3. The van der Waals surface area contributed by atoms with Gasteiger partial charge in [0.05, 0.1) is 16.9 Å². The molecule has 0 atom stereocenters. The van der Waals surface area contributed by atoms with E-state index in [1.165, 1.54) is 28.2 Å². The van der Waals surface area contributed by atoms with Crippen LogP contribution in [0.3, 0.4) is 0 Å². The number of thioether (sulfide) groups is 1. The predicted molar refractivity (Wildman–Crippen MR) is 126 cm³/mol.